The molecule has 0 aliphatic carbocycles. The first-order valence-electron chi connectivity index (χ1n) is 10.0. The smallest absolute Gasteiger partial charge is 0.309 e. The summed E-state index contributed by atoms with van der Waals surface area (Å²) >= 11 is 0. The van der Waals surface area contributed by atoms with Crippen LogP contribution in [0.2, 0.25) is 0 Å². The molecule has 0 radical (unpaired) electrons. The van der Waals surface area contributed by atoms with Crippen molar-refractivity contribution in [3.05, 3.63) is 48.0 Å². The lowest BCUT2D eigenvalue weighted by Crippen LogP contribution is -2.47. The molecule has 28 heavy (non-hydrogen) atoms. The van der Waals surface area contributed by atoms with Gasteiger partial charge in [-0.25, -0.2) is 0 Å². The molecule has 0 bridgehead atoms. The second-order valence-electron chi connectivity index (χ2n) is 7.46. The molecule has 1 saturated heterocycles. The third-order valence-corrected chi connectivity index (χ3v) is 5.38. The standard InChI is InChI=1S/C22H28N2O4/c1-16-8-5-13-20(26)28-15-7-12-19(25)24-14-6-11-18(24)22(27)23-21(16)17-9-3-2-4-10-17/h2-5,8-10,16,18,21H,6-7,11-15H2,1H3,(H,23,27)/b8-5+/t16-,18+,21+/m1/s1. The van der Waals surface area contributed by atoms with Gasteiger partial charge >= 0.3 is 5.97 Å². The zero-order valence-electron chi connectivity index (χ0n) is 16.3. The Morgan fingerprint density at radius 1 is 1.11 bits per heavy atom. The van der Waals surface area contributed by atoms with E-state index in [1.54, 1.807) is 11.0 Å². The molecule has 2 amide bonds. The van der Waals surface area contributed by atoms with Gasteiger partial charge in [-0.3, -0.25) is 14.4 Å². The molecule has 3 atom stereocenters. The van der Waals surface area contributed by atoms with Crippen LogP contribution >= 0.6 is 0 Å². The molecule has 6 heteroatoms. The van der Waals surface area contributed by atoms with E-state index in [9.17, 15) is 14.4 Å². The fourth-order valence-corrected chi connectivity index (χ4v) is 3.87. The van der Waals surface area contributed by atoms with Crippen molar-refractivity contribution in [3.63, 3.8) is 0 Å². The maximum atomic E-state index is 13.1. The van der Waals surface area contributed by atoms with Crippen molar-refractivity contribution < 1.29 is 19.1 Å². The molecule has 1 aromatic carbocycles. The van der Waals surface area contributed by atoms with E-state index in [1.165, 1.54) is 0 Å². The van der Waals surface area contributed by atoms with E-state index < -0.39 is 6.04 Å². The highest BCUT2D eigenvalue weighted by molar-refractivity contribution is 5.88. The third kappa shape index (κ3) is 5.00. The summed E-state index contributed by atoms with van der Waals surface area (Å²) in [4.78, 5) is 39.2. The highest BCUT2D eigenvalue weighted by Crippen LogP contribution is 2.26. The monoisotopic (exact) mass is 384 g/mol. The van der Waals surface area contributed by atoms with E-state index in [2.05, 4.69) is 5.32 Å². The fraction of sp³-hybridized carbons (Fsp3) is 0.500. The van der Waals surface area contributed by atoms with Crippen LogP contribution in [-0.4, -0.2) is 41.9 Å². The van der Waals surface area contributed by atoms with Crippen molar-refractivity contribution >= 4 is 17.8 Å². The van der Waals surface area contributed by atoms with E-state index in [1.807, 2.05) is 43.3 Å². The third-order valence-electron chi connectivity index (χ3n) is 5.38. The Labute approximate surface area is 165 Å². The van der Waals surface area contributed by atoms with Gasteiger partial charge in [0.1, 0.15) is 6.04 Å². The lowest BCUT2D eigenvalue weighted by atomic mass is 9.93. The number of hydrogen-bond acceptors (Lipinski definition) is 4. The maximum Gasteiger partial charge on any atom is 0.309 e. The second kappa shape index (κ2) is 9.53. The van der Waals surface area contributed by atoms with Crippen molar-refractivity contribution in [1.29, 1.82) is 0 Å². The number of rotatable bonds is 1. The van der Waals surface area contributed by atoms with Gasteiger partial charge in [0.25, 0.3) is 0 Å². The number of fused-ring (bicyclic) bond motifs is 1. The molecule has 1 fully saturated rings. The molecule has 3 rings (SSSR count). The van der Waals surface area contributed by atoms with Gasteiger partial charge in [0.2, 0.25) is 11.8 Å². The SMILES string of the molecule is C[C@@H]1/C=C/CC(=O)OCCCC(=O)N2CCC[C@H]2C(=O)N[C@@H]1c1ccccc1. The number of benzene rings is 1. The number of carbonyl (C=O) groups is 3. The van der Waals surface area contributed by atoms with Crippen molar-refractivity contribution in [2.75, 3.05) is 13.2 Å². The number of nitrogens with one attached hydrogen (secondary N) is 1. The minimum atomic E-state index is -0.428. The van der Waals surface area contributed by atoms with Gasteiger partial charge in [-0.15, -0.1) is 0 Å². The Balaban J connectivity index is 1.86. The summed E-state index contributed by atoms with van der Waals surface area (Å²) in [5.74, 6) is -0.479. The Kier molecular flexibility index (Phi) is 6.85. The van der Waals surface area contributed by atoms with Crippen LogP contribution in [0.3, 0.4) is 0 Å². The van der Waals surface area contributed by atoms with E-state index in [0.29, 0.717) is 19.4 Å². The van der Waals surface area contributed by atoms with Gasteiger partial charge in [-0.2, -0.15) is 0 Å². The van der Waals surface area contributed by atoms with Gasteiger partial charge in [0.05, 0.1) is 19.1 Å². The first kappa shape index (κ1) is 20.1. The molecule has 2 heterocycles. The summed E-state index contributed by atoms with van der Waals surface area (Å²) in [5, 5.41) is 3.16. The normalized spacial score (nSPS) is 28.5. The molecule has 1 N–H and O–H groups in total. The van der Waals surface area contributed by atoms with E-state index in [4.69, 9.17) is 4.74 Å². The van der Waals surface area contributed by atoms with Crippen LogP contribution < -0.4 is 5.32 Å². The van der Waals surface area contributed by atoms with Crippen LogP contribution in [0.1, 0.15) is 50.6 Å². The summed E-state index contributed by atoms with van der Waals surface area (Å²) < 4.78 is 5.20. The molecule has 0 saturated carbocycles. The molecule has 0 unspecified atom stereocenters. The Hall–Kier alpha value is -2.63. The number of amides is 2. The van der Waals surface area contributed by atoms with Gasteiger partial charge in [0, 0.05) is 13.0 Å². The predicted octanol–water partition coefficient (Wildman–Crippen LogP) is 2.75. The Morgan fingerprint density at radius 3 is 2.68 bits per heavy atom. The van der Waals surface area contributed by atoms with Gasteiger partial charge in [0.15, 0.2) is 0 Å². The van der Waals surface area contributed by atoms with Gasteiger partial charge < -0.3 is 15.0 Å². The van der Waals surface area contributed by atoms with Gasteiger partial charge in [-0.05, 0) is 30.7 Å². The second-order valence-corrected chi connectivity index (χ2v) is 7.46. The molecule has 150 valence electrons. The first-order chi connectivity index (χ1) is 13.6. The van der Waals surface area contributed by atoms with Crippen molar-refractivity contribution in [2.24, 2.45) is 5.92 Å². The summed E-state index contributed by atoms with van der Waals surface area (Å²) in [6.45, 7) is 2.84. The molecule has 6 nitrogen and oxygen atoms in total. The van der Waals surface area contributed by atoms with Crippen LogP contribution in [0.15, 0.2) is 42.5 Å². The van der Waals surface area contributed by atoms with E-state index in [0.717, 1.165) is 12.0 Å². The summed E-state index contributed by atoms with van der Waals surface area (Å²) in [5.41, 5.74) is 0.996. The minimum absolute atomic E-state index is 0.0187. The van der Waals surface area contributed by atoms with Crippen LogP contribution in [-0.2, 0) is 19.1 Å². The van der Waals surface area contributed by atoms with E-state index >= 15 is 0 Å². The molecular formula is C22H28N2O4. The number of ether oxygens (including phenoxy) is 1. The molecular weight excluding hydrogens is 356 g/mol. The van der Waals surface area contributed by atoms with Crippen LogP contribution in [0, 0.1) is 5.92 Å². The van der Waals surface area contributed by atoms with E-state index in [-0.39, 0.29) is 49.2 Å². The highest BCUT2D eigenvalue weighted by atomic mass is 16.5. The highest BCUT2D eigenvalue weighted by Gasteiger charge is 2.35. The number of carbonyl (C=O) groups excluding carboxylic acids is 3. The summed E-state index contributed by atoms with van der Waals surface area (Å²) in [6, 6.07) is 9.12. The first-order valence-corrected chi connectivity index (χ1v) is 10.0. The molecule has 0 aromatic heterocycles. The molecule has 2 aliphatic rings. The summed E-state index contributed by atoms with van der Waals surface area (Å²) in [7, 11) is 0. The van der Waals surface area contributed by atoms with Crippen LogP contribution in [0.4, 0.5) is 0 Å². The largest absolute Gasteiger partial charge is 0.465 e. The minimum Gasteiger partial charge on any atom is -0.465 e. The Morgan fingerprint density at radius 2 is 1.89 bits per heavy atom. The predicted molar refractivity (Wildman–Crippen MR) is 105 cm³/mol. The lowest BCUT2D eigenvalue weighted by Gasteiger charge is -2.29. The maximum absolute atomic E-state index is 13.1. The Bertz CT molecular complexity index is 731. The topological polar surface area (TPSA) is 75.7 Å². The van der Waals surface area contributed by atoms with Crippen molar-refractivity contribution in [1.82, 2.24) is 10.2 Å². The molecule has 2 aliphatic heterocycles. The number of hydrogen-bond donors (Lipinski definition) is 1. The zero-order chi connectivity index (χ0) is 19.9. The molecule has 1 aromatic rings. The van der Waals surface area contributed by atoms with Crippen LogP contribution in [0.25, 0.3) is 0 Å². The zero-order valence-corrected chi connectivity index (χ0v) is 16.3. The quantitative estimate of drug-likeness (QED) is 0.597. The molecule has 0 spiro atoms. The van der Waals surface area contributed by atoms with Gasteiger partial charge in [-0.1, -0.05) is 49.4 Å². The average Bonchev–Trinajstić information content (AvgIpc) is 3.19. The number of nitrogens with zero attached hydrogens (tertiary/aromatic N) is 1. The number of cyclic esters (lactones) is 1. The lowest BCUT2D eigenvalue weighted by molar-refractivity contribution is -0.144. The number of esters is 1. The van der Waals surface area contributed by atoms with Crippen molar-refractivity contribution in [3.8, 4) is 0 Å². The fourth-order valence-electron chi connectivity index (χ4n) is 3.87. The summed E-state index contributed by atoms with van der Waals surface area (Å²) in [6.07, 6.45) is 6.18. The average molecular weight is 384 g/mol. The van der Waals surface area contributed by atoms with Crippen LogP contribution in [0.5, 0.6) is 0 Å². The van der Waals surface area contributed by atoms with Crippen molar-refractivity contribution in [2.45, 2.75) is 51.1 Å².